The molecular weight excluding hydrogens is 214 g/mol. The number of nitrogens with zero attached hydrogens (tertiary/aromatic N) is 3. The van der Waals surface area contributed by atoms with Crippen molar-refractivity contribution in [3.63, 3.8) is 0 Å². The predicted octanol–water partition coefficient (Wildman–Crippen LogP) is 1.84. The summed E-state index contributed by atoms with van der Waals surface area (Å²) in [5.41, 5.74) is 0.912. The molecular formula is C13H27N3O. The van der Waals surface area contributed by atoms with Crippen LogP contribution in [0.15, 0.2) is 17.8 Å². The van der Waals surface area contributed by atoms with E-state index in [9.17, 15) is 0 Å². The van der Waals surface area contributed by atoms with Gasteiger partial charge in [-0.05, 0) is 26.2 Å². The lowest BCUT2D eigenvalue weighted by Crippen LogP contribution is -2.34. The molecule has 0 heterocycles. The molecule has 0 saturated carbocycles. The summed E-state index contributed by atoms with van der Waals surface area (Å²) in [7, 11) is 3.71. The molecule has 0 saturated heterocycles. The van der Waals surface area contributed by atoms with Gasteiger partial charge >= 0.3 is 0 Å². The van der Waals surface area contributed by atoms with Crippen molar-refractivity contribution in [3.05, 3.63) is 12.7 Å². The van der Waals surface area contributed by atoms with E-state index in [0.29, 0.717) is 0 Å². The molecule has 4 heteroatoms. The third-order valence-corrected chi connectivity index (χ3v) is 2.91. The van der Waals surface area contributed by atoms with Crippen LogP contribution in [0.3, 0.4) is 0 Å². The van der Waals surface area contributed by atoms with Gasteiger partial charge in [-0.15, -0.1) is 0 Å². The summed E-state index contributed by atoms with van der Waals surface area (Å²) in [4.78, 5) is 9.50. The van der Waals surface area contributed by atoms with Crippen LogP contribution in [0.2, 0.25) is 0 Å². The first kappa shape index (κ1) is 16.1. The van der Waals surface area contributed by atoms with Gasteiger partial charge in [0.2, 0.25) is 0 Å². The molecule has 0 bridgehead atoms. The van der Waals surface area contributed by atoms with E-state index in [1.807, 2.05) is 0 Å². The fourth-order valence-electron chi connectivity index (χ4n) is 1.47. The largest absolute Gasteiger partial charge is 0.399 e. The van der Waals surface area contributed by atoms with E-state index in [1.54, 1.807) is 13.2 Å². The number of oxime groups is 1. The van der Waals surface area contributed by atoms with Crippen molar-refractivity contribution in [1.29, 1.82) is 0 Å². The smallest absolute Gasteiger partial charge is 0.106 e. The molecule has 0 rings (SSSR count). The van der Waals surface area contributed by atoms with Gasteiger partial charge < -0.3 is 14.6 Å². The Morgan fingerprint density at radius 1 is 1.24 bits per heavy atom. The molecule has 0 fully saturated rings. The summed E-state index contributed by atoms with van der Waals surface area (Å²) < 4.78 is 0. The van der Waals surface area contributed by atoms with E-state index >= 15 is 0 Å². The predicted molar refractivity (Wildman–Crippen MR) is 74.5 cm³/mol. The third kappa shape index (κ3) is 7.94. The van der Waals surface area contributed by atoms with Gasteiger partial charge in [-0.2, -0.15) is 0 Å². The Hall–Kier alpha value is -0.870. The second-order valence-electron chi connectivity index (χ2n) is 4.05. The highest BCUT2D eigenvalue weighted by Crippen LogP contribution is 1.96. The number of hydrogen-bond donors (Lipinski definition) is 0. The minimum Gasteiger partial charge on any atom is -0.399 e. The van der Waals surface area contributed by atoms with Gasteiger partial charge in [0, 0.05) is 26.1 Å². The molecule has 0 radical (unpaired) electrons. The van der Waals surface area contributed by atoms with Crippen molar-refractivity contribution in [2.45, 2.75) is 20.3 Å². The van der Waals surface area contributed by atoms with Gasteiger partial charge in [0.25, 0.3) is 0 Å². The first-order valence-corrected chi connectivity index (χ1v) is 6.31. The molecule has 0 aromatic heterocycles. The van der Waals surface area contributed by atoms with Gasteiger partial charge in [-0.3, -0.25) is 0 Å². The maximum Gasteiger partial charge on any atom is 0.106 e. The lowest BCUT2D eigenvalue weighted by Gasteiger charge is -2.23. The van der Waals surface area contributed by atoms with Gasteiger partial charge in [-0.1, -0.05) is 25.6 Å². The van der Waals surface area contributed by atoms with Crippen LogP contribution >= 0.6 is 0 Å². The number of likely N-dealkylation sites (N-methyl/N-ethyl adjacent to an activating group) is 2. The minimum absolute atomic E-state index is 0.890. The average Bonchev–Trinajstić information content (AvgIpc) is 2.36. The topological polar surface area (TPSA) is 28.1 Å². The van der Waals surface area contributed by atoms with E-state index in [1.165, 1.54) is 0 Å². The monoisotopic (exact) mass is 241 g/mol. The molecule has 0 aromatic rings. The highest BCUT2D eigenvalue weighted by Gasteiger charge is 2.05. The van der Waals surface area contributed by atoms with Crippen molar-refractivity contribution >= 4 is 5.71 Å². The molecule has 17 heavy (non-hydrogen) atoms. The number of hydrogen-bond acceptors (Lipinski definition) is 4. The lowest BCUT2D eigenvalue weighted by molar-refractivity contribution is 0.211. The number of allylic oxidation sites excluding steroid dienone is 1. The fourth-order valence-corrected chi connectivity index (χ4v) is 1.47. The quantitative estimate of drug-likeness (QED) is 0.431. The molecule has 0 spiro atoms. The summed E-state index contributed by atoms with van der Waals surface area (Å²) in [5, 5.41) is 3.92. The molecule has 0 atom stereocenters. The van der Waals surface area contributed by atoms with Crippen LogP contribution < -0.4 is 0 Å². The van der Waals surface area contributed by atoms with E-state index in [4.69, 9.17) is 4.84 Å². The highest BCUT2D eigenvalue weighted by atomic mass is 16.6. The van der Waals surface area contributed by atoms with Crippen LogP contribution in [0.1, 0.15) is 20.3 Å². The third-order valence-electron chi connectivity index (χ3n) is 2.91. The Kier molecular flexibility index (Phi) is 9.77. The van der Waals surface area contributed by atoms with Crippen molar-refractivity contribution < 1.29 is 4.84 Å². The first-order valence-electron chi connectivity index (χ1n) is 6.31. The second kappa shape index (κ2) is 10.3. The summed E-state index contributed by atoms with van der Waals surface area (Å²) in [6.07, 6.45) is 2.65. The van der Waals surface area contributed by atoms with Gasteiger partial charge in [-0.25, -0.2) is 0 Å². The summed E-state index contributed by atoms with van der Waals surface area (Å²) in [5.74, 6) is 0. The molecule has 100 valence electrons. The van der Waals surface area contributed by atoms with E-state index in [2.05, 4.69) is 42.4 Å². The normalized spacial score (nSPS) is 12.2. The van der Waals surface area contributed by atoms with Crippen LogP contribution in [-0.2, 0) is 4.84 Å². The first-order chi connectivity index (χ1) is 8.17. The van der Waals surface area contributed by atoms with Gasteiger partial charge in [0.15, 0.2) is 0 Å². The summed E-state index contributed by atoms with van der Waals surface area (Å²) in [6.45, 7) is 13.5. The SMILES string of the molecule is C=C/C(CCN(CC)CCN(C)CC)=N\OC. The molecule has 0 unspecified atom stereocenters. The molecule has 0 amide bonds. The van der Waals surface area contributed by atoms with Crippen molar-refractivity contribution in [1.82, 2.24) is 9.80 Å². The number of rotatable bonds is 10. The summed E-state index contributed by atoms with van der Waals surface area (Å²) >= 11 is 0. The van der Waals surface area contributed by atoms with Crippen LogP contribution in [0.5, 0.6) is 0 Å². The standard InChI is InChI=1S/C13H27N3O/c1-6-13(14-17-5)9-10-16(8-3)12-11-15(4)7-2/h6H,1,7-12H2,2-5H3/b14-13+. The van der Waals surface area contributed by atoms with Gasteiger partial charge in [0.1, 0.15) is 7.11 Å². The maximum atomic E-state index is 4.77. The second-order valence-corrected chi connectivity index (χ2v) is 4.05. The van der Waals surface area contributed by atoms with E-state index < -0.39 is 0 Å². The van der Waals surface area contributed by atoms with Crippen molar-refractivity contribution in [3.8, 4) is 0 Å². The Labute approximate surface area is 106 Å². The van der Waals surface area contributed by atoms with Crippen molar-refractivity contribution in [2.75, 3.05) is 46.9 Å². The van der Waals surface area contributed by atoms with E-state index in [0.717, 1.165) is 44.9 Å². The fraction of sp³-hybridized carbons (Fsp3) is 0.769. The van der Waals surface area contributed by atoms with Crippen LogP contribution in [0, 0.1) is 0 Å². The van der Waals surface area contributed by atoms with Crippen LogP contribution in [0.25, 0.3) is 0 Å². The summed E-state index contributed by atoms with van der Waals surface area (Å²) in [6, 6.07) is 0. The lowest BCUT2D eigenvalue weighted by atomic mass is 10.2. The molecule has 4 nitrogen and oxygen atoms in total. The zero-order valence-corrected chi connectivity index (χ0v) is 11.8. The Morgan fingerprint density at radius 2 is 1.94 bits per heavy atom. The zero-order chi connectivity index (χ0) is 13.1. The Bertz CT molecular complexity index is 229. The van der Waals surface area contributed by atoms with E-state index in [-0.39, 0.29) is 0 Å². The minimum atomic E-state index is 0.890. The van der Waals surface area contributed by atoms with Crippen LogP contribution in [-0.4, -0.2) is 62.4 Å². The highest BCUT2D eigenvalue weighted by molar-refractivity contribution is 5.94. The molecule has 0 aliphatic rings. The van der Waals surface area contributed by atoms with Crippen LogP contribution in [0.4, 0.5) is 0 Å². The molecule has 0 aromatic carbocycles. The maximum absolute atomic E-state index is 4.77. The van der Waals surface area contributed by atoms with Crippen molar-refractivity contribution in [2.24, 2.45) is 5.16 Å². The zero-order valence-electron chi connectivity index (χ0n) is 11.8. The Balaban J connectivity index is 3.96. The molecule has 0 N–H and O–H groups in total. The Morgan fingerprint density at radius 3 is 2.41 bits per heavy atom. The molecule has 0 aliphatic heterocycles. The average molecular weight is 241 g/mol. The molecule has 0 aliphatic carbocycles. The van der Waals surface area contributed by atoms with Gasteiger partial charge in [0.05, 0.1) is 5.71 Å².